The summed E-state index contributed by atoms with van der Waals surface area (Å²) in [6.45, 7) is 0.761. The first kappa shape index (κ1) is 16.5. The van der Waals surface area contributed by atoms with Gasteiger partial charge in [0.25, 0.3) is 0 Å². The normalized spacial score (nSPS) is 14.3. The number of amidine groups is 1. The number of benzene rings is 2. The van der Waals surface area contributed by atoms with Crippen LogP contribution in [0.2, 0.25) is 0 Å². The zero-order valence-electron chi connectivity index (χ0n) is 12.5. The molecule has 2 aromatic rings. The van der Waals surface area contributed by atoms with Crippen molar-refractivity contribution >= 4 is 23.3 Å². The maximum atomic E-state index is 12.3. The van der Waals surface area contributed by atoms with Crippen LogP contribution in [-0.4, -0.2) is 24.6 Å². The molecule has 24 heavy (non-hydrogen) atoms. The Morgan fingerprint density at radius 1 is 1.08 bits per heavy atom. The number of nitrogens with zero attached hydrogens (tertiary/aromatic N) is 2. The number of halogens is 3. The van der Waals surface area contributed by atoms with Crippen LogP contribution in [0.5, 0.6) is 5.75 Å². The average Bonchev–Trinajstić information content (AvgIpc) is 3.02. The molecule has 2 aromatic carbocycles. The van der Waals surface area contributed by atoms with Crippen LogP contribution in [0.4, 0.5) is 18.9 Å². The van der Waals surface area contributed by atoms with E-state index in [1.54, 1.807) is 0 Å². The van der Waals surface area contributed by atoms with E-state index in [9.17, 15) is 13.2 Å². The fourth-order valence-electron chi connectivity index (χ4n) is 2.19. The summed E-state index contributed by atoms with van der Waals surface area (Å²) in [4.78, 5) is 2.09. The molecule has 0 bridgehead atoms. The van der Waals surface area contributed by atoms with Crippen LogP contribution in [0.1, 0.15) is 0 Å². The minimum atomic E-state index is -4.29. The van der Waals surface area contributed by atoms with Gasteiger partial charge in [-0.3, -0.25) is 5.43 Å². The molecular formula is C16H14F3N3OS. The second-order valence-corrected chi connectivity index (χ2v) is 6.05. The summed E-state index contributed by atoms with van der Waals surface area (Å²) in [5, 5.41) is 4.19. The van der Waals surface area contributed by atoms with Gasteiger partial charge in [0.15, 0.2) is 5.84 Å². The minimum Gasteiger partial charge on any atom is -0.486 e. The first-order valence-corrected chi connectivity index (χ1v) is 7.93. The molecule has 0 aromatic heterocycles. The van der Waals surface area contributed by atoms with E-state index in [-0.39, 0.29) is 23.3 Å². The monoisotopic (exact) mass is 353 g/mol. The van der Waals surface area contributed by atoms with Gasteiger partial charge >= 0.3 is 5.51 Å². The Labute approximate surface area is 141 Å². The van der Waals surface area contributed by atoms with E-state index in [1.165, 1.54) is 24.3 Å². The number of hydrazone groups is 1. The molecule has 0 unspecified atom stereocenters. The smallest absolute Gasteiger partial charge is 0.446 e. The Morgan fingerprint density at radius 2 is 1.79 bits per heavy atom. The molecule has 0 amide bonds. The molecule has 126 valence electrons. The van der Waals surface area contributed by atoms with Gasteiger partial charge in [-0.15, -0.1) is 0 Å². The molecule has 0 radical (unpaired) electrons. The van der Waals surface area contributed by atoms with E-state index in [4.69, 9.17) is 4.74 Å². The van der Waals surface area contributed by atoms with Crippen molar-refractivity contribution in [3.63, 3.8) is 0 Å². The van der Waals surface area contributed by atoms with Crippen molar-refractivity contribution in [3.8, 4) is 5.75 Å². The van der Waals surface area contributed by atoms with E-state index in [0.717, 1.165) is 5.69 Å². The van der Waals surface area contributed by atoms with Crippen LogP contribution in [0.25, 0.3) is 0 Å². The van der Waals surface area contributed by atoms with Crippen LogP contribution in [0.15, 0.2) is 64.6 Å². The Morgan fingerprint density at radius 3 is 2.46 bits per heavy atom. The molecule has 8 heteroatoms. The SMILES string of the molecule is FC(F)(F)Sc1ccc(OCC2=NNCN2c2ccccc2)cc1. The molecular weight excluding hydrogens is 339 g/mol. The second-order valence-electron chi connectivity index (χ2n) is 4.92. The molecule has 0 aliphatic carbocycles. The molecule has 1 aliphatic heterocycles. The number of anilines is 1. The van der Waals surface area contributed by atoms with Gasteiger partial charge in [0.2, 0.25) is 0 Å². The molecule has 1 heterocycles. The molecule has 0 saturated heterocycles. The number of ether oxygens (including phenoxy) is 1. The van der Waals surface area contributed by atoms with Gasteiger partial charge < -0.3 is 9.64 Å². The summed E-state index contributed by atoms with van der Waals surface area (Å²) >= 11 is -0.147. The summed E-state index contributed by atoms with van der Waals surface area (Å²) < 4.78 is 42.5. The fourth-order valence-corrected chi connectivity index (χ4v) is 2.73. The summed E-state index contributed by atoms with van der Waals surface area (Å²) in [6, 6.07) is 15.5. The van der Waals surface area contributed by atoms with Crippen molar-refractivity contribution in [1.29, 1.82) is 0 Å². The van der Waals surface area contributed by atoms with Crippen LogP contribution in [0, 0.1) is 0 Å². The highest BCUT2D eigenvalue weighted by atomic mass is 32.2. The Bertz CT molecular complexity index is 705. The summed E-state index contributed by atoms with van der Waals surface area (Å²) in [6.07, 6.45) is 0. The number of hydrogen-bond donors (Lipinski definition) is 1. The summed E-state index contributed by atoms with van der Waals surface area (Å²) in [7, 11) is 0. The maximum absolute atomic E-state index is 12.3. The minimum absolute atomic E-state index is 0.126. The van der Waals surface area contributed by atoms with Gasteiger partial charge in [-0.2, -0.15) is 18.3 Å². The molecule has 0 atom stereocenters. The van der Waals surface area contributed by atoms with Gasteiger partial charge in [-0.05, 0) is 48.2 Å². The van der Waals surface area contributed by atoms with Crippen LogP contribution in [-0.2, 0) is 0 Å². The highest BCUT2D eigenvalue weighted by molar-refractivity contribution is 8.00. The maximum Gasteiger partial charge on any atom is 0.446 e. The van der Waals surface area contributed by atoms with Crippen LogP contribution < -0.4 is 15.1 Å². The van der Waals surface area contributed by atoms with E-state index in [1.807, 2.05) is 35.2 Å². The predicted octanol–water partition coefficient (Wildman–Crippen LogP) is 4.06. The third kappa shape index (κ3) is 4.35. The second kappa shape index (κ2) is 7.04. The number of nitrogens with one attached hydrogen (secondary N) is 1. The number of thioether (sulfide) groups is 1. The van der Waals surface area contributed by atoms with Crippen molar-refractivity contribution in [2.75, 3.05) is 18.2 Å². The molecule has 0 saturated carbocycles. The van der Waals surface area contributed by atoms with Gasteiger partial charge in [-0.25, -0.2) is 0 Å². The molecule has 1 N–H and O–H groups in total. The molecule has 0 spiro atoms. The largest absolute Gasteiger partial charge is 0.486 e. The molecule has 0 fully saturated rings. The average molecular weight is 353 g/mol. The quantitative estimate of drug-likeness (QED) is 0.823. The van der Waals surface area contributed by atoms with Gasteiger partial charge in [0.05, 0.1) is 0 Å². The summed E-state index contributed by atoms with van der Waals surface area (Å²) in [5.74, 6) is 1.19. The predicted molar refractivity (Wildman–Crippen MR) is 88.2 cm³/mol. The van der Waals surface area contributed by atoms with E-state index in [0.29, 0.717) is 18.3 Å². The number of alkyl halides is 3. The lowest BCUT2D eigenvalue weighted by Gasteiger charge is -2.19. The number of hydrogen-bond acceptors (Lipinski definition) is 5. The molecule has 4 nitrogen and oxygen atoms in total. The summed E-state index contributed by atoms with van der Waals surface area (Å²) in [5.41, 5.74) is -0.404. The first-order valence-electron chi connectivity index (χ1n) is 7.12. The van der Waals surface area contributed by atoms with Gasteiger partial charge in [0, 0.05) is 10.6 Å². The van der Waals surface area contributed by atoms with Crippen LogP contribution in [0.3, 0.4) is 0 Å². The third-order valence-electron chi connectivity index (χ3n) is 3.24. The topological polar surface area (TPSA) is 36.9 Å². The Balaban J connectivity index is 1.59. The van der Waals surface area contributed by atoms with Crippen molar-refractivity contribution in [3.05, 3.63) is 54.6 Å². The van der Waals surface area contributed by atoms with Crippen molar-refractivity contribution in [2.24, 2.45) is 5.10 Å². The number of rotatable bonds is 5. The van der Waals surface area contributed by atoms with Gasteiger partial charge in [-0.1, -0.05) is 18.2 Å². The lowest BCUT2D eigenvalue weighted by Crippen LogP contribution is -2.32. The lowest BCUT2D eigenvalue weighted by molar-refractivity contribution is -0.0328. The third-order valence-corrected chi connectivity index (χ3v) is 3.98. The fraction of sp³-hybridized carbons (Fsp3) is 0.188. The Hall–Kier alpha value is -2.35. The van der Waals surface area contributed by atoms with Crippen molar-refractivity contribution in [1.82, 2.24) is 5.43 Å². The van der Waals surface area contributed by atoms with E-state index in [2.05, 4.69) is 10.5 Å². The van der Waals surface area contributed by atoms with Crippen molar-refractivity contribution < 1.29 is 17.9 Å². The zero-order valence-corrected chi connectivity index (χ0v) is 13.3. The van der Waals surface area contributed by atoms with E-state index >= 15 is 0 Å². The van der Waals surface area contributed by atoms with E-state index < -0.39 is 5.51 Å². The van der Waals surface area contributed by atoms with Gasteiger partial charge in [0.1, 0.15) is 19.0 Å². The lowest BCUT2D eigenvalue weighted by atomic mass is 10.3. The Kier molecular flexibility index (Phi) is 4.84. The standard InChI is InChI=1S/C16H14F3N3OS/c17-16(18,19)24-14-8-6-13(7-9-14)23-10-15-21-20-11-22(15)12-4-2-1-3-5-12/h1-9,20H,10-11H2. The highest BCUT2D eigenvalue weighted by Crippen LogP contribution is 2.37. The van der Waals surface area contributed by atoms with Crippen LogP contribution >= 0.6 is 11.8 Å². The molecule has 1 aliphatic rings. The number of para-hydroxylation sites is 1. The first-order chi connectivity index (χ1) is 11.5. The zero-order chi connectivity index (χ0) is 17.0. The molecule has 3 rings (SSSR count). The van der Waals surface area contributed by atoms with Crippen molar-refractivity contribution in [2.45, 2.75) is 10.4 Å². The highest BCUT2D eigenvalue weighted by Gasteiger charge is 2.29.